The molecule has 8 nitrogen and oxygen atoms in total. The van der Waals surface area contributed by atoms with Crippen molar-refractivity contribution in [2.45, 2.75) is 64.5 Å². The van der Waals surface area contributed by atoms with E-state index in [-0.39, 0.29) is 30.8 Å². The van der Waals surface area contributed by atoms with Crippen LogP contribution in [0.4, 0.5) is 0 Å². The van der Waals surface area contributed by atoms with E-state index in [9.17, 15) is 9.90 Å². The van der Waals surface area contributed by atoms with Crippen LogP contribution in [0.1, 0.15) is 51.7 Å². The molecule has 0 bridgehead atoms. The Morgan fingerprint density at radius 3 is 2.54 bits per heavy atom. The van der Waals surface area contributed by atoms with Crippen molar-refractivity contribution in [2.24, 2.45) is 17.6 Å². The van der Waals surface area contributed by atoms with Crippen LogP contribution < -0.4 is 20.5 Å². The third-order valence-electron chi connectivity index (χ3n) is 7.82. The Balaban J connectivity index is 0.00000588. The van der Waals surface area contributed by atoms with Gasteiger partial charge in [0.05, 0.1) is 25.2 Å². The van der Waals surface area contributed by atoms with Crippen molar-refractivity contribution in [3.63, 3.8) is 0 Å². The van der Waals surface area contributed by atoms with E-state index in [1.165, 1.54) is 0 Å². The summed E-state index contributed by atoms with van der Waals surface area (Å²) in [5.74, 6) is 1.92. The zero-order chi connectivity index (χ0) is 29.3. The van der Waals surface area contributed by atoms with E-state index in [1.807, 2.05) is 62.5 Å². The standard InChI is InChI=1S/C32H47N3O5.ClH/c1-21(2)23(16-22-12-13-24(39-6)18-30(22)40-15-9-14-38-5)17-27(33)29(36)20-35-31(37)32(3,4)26-19-34-28-11-8-7-10-25(26)28;/h7-8,10-13,18-19,21,23,27,29,34,36H,9,14-17,20,33H2,1-6H3,(H,35,37);1H. The SMILES string of the molecule is COCCCOc1cc(OC)ccc1CC(CC(N)C(O)CNC(=O)C(C)(C)c1c[nH]c2ccccc12)C(C)C.Cl. The van der Waals surface area contributed by atoms with Crippen molar-refractivity contribution >= 4 is 29.2 Å². The summed E-state index contributed by atoms with van der Waals surface area (Å²) < 4.78 is 16.6. The van der Waals surface area contributed by atoms with Gasteiger partial charge in [-0.15, -0.1) is 12.4 Å². The Bertz CT molecular complexity index is 1230. The highest BCUT2D eigenvalue weighted by Gasteiger charge is 2.33. The number of halogens is 1. The summed E-state index contributed by atoms with van der Waals surface area (Å²) in [4.78, 5) is 16.5. The number of aromatic amines is 1. The van der Waals surface area contributed by atoms with Crippen LogP contribution in [0.25, 0.3) is 10.9 Å². The molecule has 3 unspecified atom stereocenters. The molecule has 9 heteroatoms. The minimum absolute atomic E-state index is 0. The molecule has 0 radical (unpaired) electrons. The van der Waals surface area contributed by atoms with Gasteiger partial charge in [0.1, 0.15) is 11.5 Å². The molecule has 0 fully saturated rings. The highest BCUT2D eigenvalue weighted by atomic mass is 35.5. The van der Waals surface area contributed by atoms with Gasteiger partial charge in [-0.1, -0.05) is 38.1 Å². The van der Waals surface area contributed by atoms with Crippen LogP contribution in [0.15, 0.2) is 48.7 Å². The highest BCUT2D eigenvalue weighted by Crippen LogP contribution is 2.32. The Morgan fingerprint density at radius 2 is 1.85 bits per heavy atom. The molecule has 1 heterocycles. The van der Waals surface area contributed by atoms with Crippen LogP contribution >= 0.6 is 12.4 Å². The Kier molecular flexibility index (Phi) is 13.4. The topological polar surface area (TPSA) is 119 Å². The van der Waals surface area contributed by atoms with E-state index in [2.05, 4.69) is 24.1 Å². The lowest BCUT2D eigenvalue weighted by atomic mass is 9.82. The minimum Gasteiger partial charge on any atom is -0.497 e. The zero-order valence-electron chi connectivity index (χ0n) is 25.2. The second-order valence-electron chi connectivity index (χ2n) is 11.4. The number of aromatic nitrogens is 1. The molecule has 2 aromatic carbocycles. The first-order valence-electron chi connectivity index (χ1n) is 14.2. The minimum atomic E-state index is -0.871. The number of H-pyrrole nitrogens is 1. The second-order valence-corrected chi connectivity index (χ2v) is 11.4. The van der Waals surface area contributed by atoms with Crippen molar-refractivity contribution in [3.8, 4) is 11.5 Å². The number of nitrogens with one attached hydrogen (secondary N) is 2. The maximum atomic E-state index is 13.2. The van der Waals surface area contributed by atoms with E-state index in [4.69, 9.17) is 19.9 Å². The molecule has 0 aliphatic heterocycles. The molecular formula is C32H48ClN3O5. The Labute approximate surface area is 250 Å². The van der Waals surface area contributed by atoms with Crippen molar-refractivity contribution in [2.75, 3.05) is 34.0 Å². The number of rotatable bonds is 16. The van der Waals surface area contributed by atoms with Gasteiger partial charge in [-0.25, -0.2) is 0 Å². The summed E-state index contributed by atoms with van der Waals surface area (Å²) in [5.41, 5.74) is 8.70. The smallest absolute Gasteiger partial charge is 0.230 e. The number of hydrogen-bond donors (Lipinski definition) is 4. The maximum absolute atomic E-state index is 13.2. The molecule has 3 rings (SSSR count). The van der Waals surface area contributed by atoms with Gasteiger partial charge in [0.2, 0.25) is 5.91 Å². The fraction of sp³-hybridized carbons (Fsp3) is 0.531. The number of carbonyl (C=O) groups excluding carboxylic acids is 1. The normalized spacial score (nSPS) is 13.9. The molecule has 0 saturated heterocycles. The lowest BCUT2D eigenvalue weighted by Crippen LogP contribution is -2.48. The summed E-state index contributed by atoms with van der Waals surface area (Å²) in [6.45, 7) is 9.39. The van der Waals surface area contributed by atoms with Gasteiger partial charge in [-0.05, 0) is 61.8 Å². The molecule has 0 aliphatic rings. The van der Waals surface area contributed by atoms with Gasteiger partial charge in [0.25, 0.3) is 0 Å². The van der Waals surface area contributed by atoms with Gasteiger partial charge in [0, 0.05) is 55.9 Å². The van der Waals surface area contributed by atoms with Crippen molar-refractivity contribution in [1.82, 2.24) is 10.3 Å². The number of nitrogens with two attached hydrogens (primary N) is 1. The fourth-order valence-corrected chi connectivity index (χ4v) is 5.01. The molecule has 228 valence electrons. The molecule has 3 atom stereocenters. The first-order valence-corrected chi connectivity index (χ1v) is 14.2. The number of carbonyl (C=O) groups is 1. The molecule has 0 saturated carbocycles. The largest absolute Gasteiger partial charge is 0.497 e. The zero-order valence-corrected chi connectivity index (χ0v) is 26.1. The molecule has 1 aromatic heterocycles. The molecule has 5 N–H and O–H groups in total. The van der Waals surface area contributed by atoms with Gasteiger partial charge in [-0.3, -0.25) is 4.79 Å². The van der Waals surface area contributed by atoms with Crippen LogP contribution in [0.5, 0.6) is 11.5 Å². The molecule has 1 amide bonds. The van der Waals surface area contributed by atoms with Gasteiger partial charge in [-0.2, -0.15) is 0 Å². The van der Waals surface area contributed by atoms with Crippen molar-refractivity contribution in [1.29, 1.82) is 0 Å². The van der Waals surface area contributed by atoms with Crippen molar-refractivity contribution in [3.05, 3.63) is 59.8 Å². The quantitative estimate of drug-likeness (QED) is 0.175. The van der Waals surface area contributed by atoms with Gasteiger partial charge in [0.15, 0.2) is 0 Å². The molecule has 41 heavy (non-hydrogen) atoms. The van der Waals surface area contributed by atoms with Crippen molar-refractivity contribution < 1.29 is 24.1 Å². The summed E-state index contributed by atoms with van der Waals surface area (Å²) in [6, 6.07) is 13.3. The van der Waals surface area contributed by atoms with Crippen LogP contribution in [0, 0.1) is 11.8 Å². The van der Waals surface area contributed by atoms with Gasteiger partial charge >= 0.3 is 0 Å². The predicted molar refractivity (Wildman–Crippen MR) is 167 cm³/mol. The van der Waals surface area contributed by atoms with Gasteiger partial charge < -0.3 is 35.4 Å². The first-order chi connectivity index (χ1) is 19.1. The summed E-state index contributed by atoms with van der Waals surface area (Å²) >= 11 is 0. The van der Waals surface area contributed by atoms with Crippen LogP contribution in [-0.2, 0) is 21.4 Å². The number of aliphatic hydroxyl groups excluding tert-OH is 1. The summed E-state index contributed by atoms with van der Waals surface area (Å²) in [5, 5.41) is 14.9. The van der Waals surface area contributed by atoms with E-state index in [0.717, 1.165) is 46.4 Å². The number of benzene rings is 2. The Morgan fingerprint density at radius 1 is 1.12 bits per heavy atom. The fourth-order valence-electron chi connectivity index (χ4n) is 5.01. The number of ether oxygens (including phenoxy) is 3. The monoisotopic (exact) mass is 589 g/mol. The molecular weight excluding hydrogens is 542 g/mol. The number of methoxy groups -OCH3 is 2. The third kappa shape index (κ3) is 9.10. The third-order valence-corrected chi connectivity index (χ3v) is 7.82. The number of aliphatic hydroxyl groups is 1. The van der Waals surface area contributed by atoms with Crippen LogP contribution in [0.3, 0.4) is 0 Å². The van der Waals surface area contributed by atoms with E-state index >= 15 is 0 Å². The lowest BCUT2D eigenvalue weighted by molar-refractivity contribution is -0.126. The second kappa shape index (κ2) is 16.0. The van der Waals surface area contributed by atoms with E-state index < -0.39 is 17.6 Å². The van der Waals surface area contributed by atoms with Crippen LogP contribution in [0.2, 0.25) is 0 Å². The molecule has 3 aromatic rings. The summed E-state index contributed by atoms with van der Waals surface area (Å²) in [6.07, 6.45) is 3.16. The average Bonchev–Trinajstić information content (AvgIpc) is 3.39. The van der Waals surface area contributed by atoms with E-state index in [0.29, 0.717) is 25.6 Å². The lowest BCUT2D eigenvalue weighted by Gasteiger charge is -2.29. The average molecular weight is 590 g/mol. The summed E-state index contributed by atoms with van der Waals surface area (Å²) in [7, 11) is 3.32. The van der Waals surface area contributed by atoms with E-state index in [1.54, 1.807) is 14.2 Å². The highest BCUT2D eigenvalue weighted by molar-refractivity contribution is 5.94. The number of hydrogen-bond acceptors (Lipinski definition) is 6. The first kappa shape index (κ1) is 34.4. The molecule has 0 spiro atoms. The molecule has 0 aliphatic carbocycles. The Hall–Kier alpha value is -2.78. The maximum Gasteiger partial charge on any atom is 0.230 e. The number of amides is 1. The number of fused-ring (bicyclic) bond motifs is 1. The predicted octanol–water partition coefficient (Wildman–Crippen LogP) is 5.00. The number of para-hydroxylation sites is 1. The van der Waals surface area contributed by atoms with Crippen LogP contribution in [-0.4, -0.2) is 62.1 Å².